The second-order valence-electron chi connectivity index (χ2n) is 5.31. The van der Waals surface area contributed by atoms with Crippen LogP contribution >= 0.6 is 0 Å². The fourth-order valence-electron chi connectivity index (χ4n) is 2.37. The predicted octanol–water partition coefficient (Wildman–Crippen LogP) is 1.86. The van der Waals surface area contributed by atoms with E-state index in [1.54, 1.807) is 7.11 Å². The largest absolute Gasteiger partial charge is 0.381 e. The molecule has 0 bridgehead atoms. The zero-order valence-electron chi connectivity index (χ0n) is 11.8. The molecule has 0 aliphatic heterocycles. The molecule has 4 N–H and O–H groups in total. The molecule has 6 heteroatoms. The lowest BCUT2D eigenvalue weighted by Crippen LogP contribution is -2.19. The number of hydrogen-bond acceptors (Lipinski definition) is 6. The number of nitrogen functional groups attached to an aromatic ring is 1. The van der Waals surface area contributed by atoms with E-state index in [1.165, 1.54) is 0 Å². The Morgan fingerprint density at radius 1 is 1.32 bits per heavy atom. The first-order chi connectivity index (χ1) is 9.12. The molecule has 0 radical (unpaired) electrons. The topological polar surface area (TPSA) is 85.1 Å². The average molecular weight is 265 g/mol. The summed E-state index contributed by atoms with van der Waals surface area (Å²) in [6.45, 7) is 4.13. The lowest BCUT2D eigenvalue weighted by molar-refractivity contribution is 0.108. The number of nitrogens with one attached hydrogen (secondary N) is 2. The highest BCUT2D eigenvalue weighted by atomic mass is 16.5. The summed E-state index contributed by atoms with van der Waals surface area (Å²) < 4.78 is 5.38. The first-order valence-corrected chi connectivity index (χ1v) is 6.77. The molecule has 2 rings (SSSR count). The number of aromatic nitrogens is 2. The van der Waals surface area contributed by atoms with Crippen molar-refractivity contribution < 1.29 is 4.74 Å². The van der Waals surface area contributed by atoms with E-state index in [4.69, 9.17) is 10.6 Å². The quantitative estimate of drug-likeness (QED) is 0.556. The van der Waals surface area contributed by atoms with Gasteiger partial charge in [-0.2, -0.15) is 0 Å². The fourth-order valence-corrected chi connectivity index (χ4v) is 2.37. The summed E-state index contributed by atoms with van der Waals surface area (Å²) in [5, 5.41) is 3.45. The summed E-state index contributed by atoms with van der Waals surface area (Å²) in [4.78, 5) is 8.88. The fraction of sp³-hybridized carbons (Fsp3) is 0.692. The molecule has 1 fully saturated rings. The van der Waals surface area contributed by atoms with Crippen LogP contribution in [0, 0.1) is 0 Å². The third-order valence-electron chi connectivity index (χ3n) is 3.48. The van der Waals surface area contributed by atoms with Crippen molar-refractivity contribution >= 4 is 11.6 Å². The number of hydrogen-bond donors (Lipinski definition) is 3. The third-order valence-corrected chi connectivity index (χ3v) is 3.48. The Balaban J connectivity index is 2.09. The molecule has 2 unspecified atom stereocenters. The maximum absolute atomic E-state index is 5.45. The number of rotatable bonds is 5. The molecule has 1 aromatic heterocycles. The predicted molar refractivity (Wildman–Crippen MR) is 76.0 cm³/mol. The van der Waals surface area contributed by atoms with Crippen LogP contribution in [-0.2, 0) is 4.74 Å². The van der Waals surface area contributed by atoms with Crippen molar-refractivity contribution in [1.82, 2.24) is 9.97 Å². The summed E-state index contributed by atoms with van der Waals surface area (Å²) in [6.07, 6.45) is 3.57. The van der Waals surface area contributed by atoms with E-state index in [0.717, 1.165) is 30.9 Å². The normalized spacial score (nSPS) is 22.8. The van der Waals surface area contributed by atoms with Crippen molar-refractivity contribution in [1.29, 1.82) is 0 Å². The van der Waals surface area contributed by atoms with Gasteiger partial charge in [0.15, 0.2) is 0 Å². The van der Waals surface area contributed by atoms with Crippen LogP contribution in [-0.4, -0.2) is 29.2 Å². The molecule has 1 saturated carbocycles. The number of ether oxygens (including phenoxy) is 1. The molecule has 1 aliphatic carbocycles. The summed E-state index contributed by atoms with van der Waals surface area (Å²) in [7, 11) is 1.77. The molecule has 1 aliphatic rings. The monoisotopic (exact) mass is 265 g/mol. The van der Waals surface area contributed by atoms with Gasteiger partial charge < -0.3 is 15.5 Å². The summed E-state index contributed by atoms with van der Waals surface area (Å²) in [5.74, 6) is 7.98. The minimum absolute atomic E-state index is 0.268. The molecule has 0 spiro atoms. The van der Waals surface area contributed by atoms with E-state index >= 15 is 0 Å². The van der Waals surface area contributed by atoms with Gasteiger partial charge in [-0.3, -0.25) is 0 Å². The minimum Gasteiger partial charge on any atom is -0.381 e. The third kappa shape index (κ3) is 3.54. The van der Waals surface area contributed by atoms with Crippen LogP contribution in [0.2, 0.25) is 0 Å². The van der Waals surface area contributed by atoms with Gasteiger partial charge in [0, 0.05) is 25.1 Å². The second-order valence-corrected chi connectivity index (χ2v) is 5.31. The van der Waals surface area contributed by atoms with Crippen LogP contribution < -0.4 is 16.6 Å². The van der Waals surface area contributed by atoms with E-state index < -0.39 is 0 Å². The van der Waals surface area contributed by atoms with Crippen molar-refractivity contribution in [2.75, 3.05) is 17.9 Å². The molecule has 19 heavy (non-hydrogen) atoms. The zero-order valence-corrected chi connectivity index (χ0v) is 11.8. The number of nitrogens with zero attached hydrogens (tertiary/aromatic N) is 2. The number of nitrogens with two attached hydrogens (primary N) is 1. The van der Waals surface area contributed by atoms with Gasteiger partial charge in [-0.05, 0) is 19.3 Å². The lowest BCUT2D eigenvalue weighted by Gasteiger charge is -2.16. The van der Waals surface area contributed by atoms with Gasteiger partial charge >= 0.3 is 0 Å². The van der Waals surface area contributed by atoms with Crippen LogP contribution in [0.5, 0.6) is 0 Å². The molecule has 2 atom stereocenters. The van der Waals surface area contributed by atoms with E-state index in [2.05, 4.69) is 34.6 Å². The Kier molecular flexibility index (Phi) is 4.55. The minimum atomic E-state index is 0.268. The van der Waals surface area contributed by atoms with Crippen LogP contribution in [0.1, 0.15) is 44.9 Å². The van der Waals surface area contributed by atoms with Gasteiger partial charge in [0.1, 0.15) is 17.5 Å². The van der Waals surface area contributed by atoms with Crippen molar-refractivity contribution in [3.63, 3.8) is 0 Å². The lowest BCUT2D eigenvalue weighted by atomic mass is 10.2. The van der Waals surface area contributed by atoms with Crippen molar-refractivity contribution in [2.45, 2.75) is 51.2 Å². The highest BCUT2D eigenvalue weighted by Crippen LogP contribution is 2.25. The SMILES string of the molecule is COC1CCC(Nc2cc(NN)nc(C(C)C)n2)C1. The number of hydrazine groups is 1. The van der Waals surface area contributed by atoms with Crippen molar-refractivity contribution in [2.24, 2.45) is 5.84 Å². The molecule has 106 valence electrons. The average Bonchev–Trinajstić information content (AvgIpc) is 2.85. The molecular formula is C13H23N5O. The number of anilines is 2. The maximum atomic E-state index is 5.45. The van der Waals surface area contributed by atoms with Crippen molar-refractivity contribution in [3.8, 4) is 0 Å². The van der Waals surface area contributed by atoms with Gasteiger partial charge in [-0.15, -0.1) is 0 Å². The Bertz CT molecular complexity index is 423. The smallest absolute Gasteiger partial charge is 0.145 e. The van der Waals surface area contributed by atoms with Gasteiger partial charge in [0.05, 0.1) is 6.10 Å². The highest BCUT2D eigenvalue weighted by Gasteiger charge is 2.24. The highest BCUT2D eigenvalue weighted by molar-refractivity contribution is 5.47. The Labute approximate surface area is 114 Å². The van der Waals surface area contributed by atoms with Gasteiger partial charge in [0.2, 0.25) is 0 Å². The van der Waals surface area contributed by atoms with E-state index in [0.29, 0.717) is 18.0 Å². The van der Waals surface area contributed by atoms with Crippen molar-refractivity contribution in [3.05, 3.63) is 11.9 Å². The van der Waals surface area contributed by atoms with Gasteiger partial charge in [-0.1, -0.05) is 13.8 Å². The van der Waals surface area contributed by atoms with Crippen LogP contribution in [0.3, 0.4) is 0 Å². The second kappa shape index (κ2) is 6.16. The Morgan fingerprint density at radius 3 is 2.63 bits per heavy atom. The first-order valence-electron chi connectivity index (χ1n) is 6.77. The standard InChI is InChI=1S/C13H23N5O/c1-8(2)13-16-11(7-12(17-13)18-14)15-9-4-5-10(6-9)19-3/h7-10H,4-6,14H2,1-3H3,(H2,15,16,17,18). The van der Waals surface area contributed by atoms with E-state index in [1.807, 2.05) is 6.07 Å². The molecule has 1 aromatic rings. The van der Waals surface area contributed by atoms with Crippen LogP contribution in [0.25, 0.3) is 0 Å². The maximum Gasteiger partial charge on any atom is 0.145 e. The summed E-state index contributed by atoms with van der Waals surface area (Å²) in [5.41, 5.74) is 2.59. The van der Waals surface area contributed by atoms with Gasteiger partial charge in [0.25, 0.3) is 0 Å². The zero-order chi connectivity index (χ0) is 13.8. The molecular weight excluding hydrogens is 242 g/mol. The molecule has 0 saturated heterocycles. The molecule has 0 amide bonds. The summed E-state index contributed by atoms with van der Waals surface area (Å²) in [6, 6.07) is 2.25. The van der Waals surface area contributed by atoms with E-state index in [9.17, 15) is 0 Å². The Morgan fingerprint density at radius 2 is 2.05 bits per heavy atom. The molecule has 6 nitrogen and oxygen atoms in total. The molecule has 1 heterocycles. The summed E-state index contributed by atoms with van der Waals surface area (Å²) >= 11 is 0. The number of methoxy groups -OCH3 is 1. The van der Waals surface area contributed by atoms with Crippen LogP contribution in [0.4, 0.5) is 11.6 Å². The first kappa shape index (κ1) is 14.0. The Hall–Kier alpha value is -1.40. The van der Waals surface area contributed by atoms with Crippen LogP contribution in [0.15, 0.2) is 6.07 Å². The molecule has 0 aromatic carbocycles. The van der Waals surface area contributed by atoms with Gasteiger partial charge in [-0.25, -0.2) is 15.8 Å². The van der Waals surface area contributed by atoms with E-state index in [-0.39, 0.29) is 5.92 Å².